The summed E-state index contributed by atoms with van der Waals surface area (Å²) >= 11 is 0. The number of hydrogen-bond donors (Lipinski definition) is 1. The van der Waals surface area contributed by atoms with Gasteiger partial charge < -0.3 is 10.2 Å². The van der Waals surface area contributed by atoms with Gasteiger partial charge in [-0.25, -0.2) is 17.9 Å². The van der Waals surface area contributed by atoms with E-state index in [4.69, 9.17) is 78.5 Å². The first-order valence-corrected chi connectivity index (χ1v) is 10.9. The van der Waals surface area contributed by atoms with Gasteiger partial charge in [0.2, 0.25) is 5.95 Å². The van der Waals surface area contributed by atoms with Crippen molar-refractivity contribution in [2.24, 2.45) is 0 Å². The van der Waals surface area contributed by atoms with Crippen molar-refractivity contribution >= 4 is 95.8 Å². The molecule has 166 valence electrons. The molecule has 2 heterocycles. The molecule has 1 fully saturated rings. The first-order valence-electron chi connectivity index (χ1n) is 10.9. The van der Waals surface area contributed by atoms with Crippen LogP contribution in [0.4, 0.5) is 30.5 Å². The van der Waals surface area contributed by atoms with Gasteiger partial charge in [0.25, 0.3) is 6.43 Å². The smallest absolute Gasteiger partial charge is 0.263 e. The van der Waals surface area contributed by atoms with Crippen molar-refractivity contribution in [3.05, 3.63) is 60.2 Å². The molecule has 1 saturated heterocycles. The number of anilines is 3. The summed E-state index contributed by atoms with van der Waals surface area (Å²) in [6.07, 6.45) is -1.71. The maximum Gasteiger partial charge on any atom is 0.263 e. The summed E-state index contributed by atoms with van der Waals surface area (Å²) in [5.41, 5.74) is -0.374. The maximum absolute atomic E-state index is 13.9. The molecule has 1 aliphatic heterocycles. The van der Waals surface area contributed by atoms with E-state index in [1.807, 2.05) is 0 Å². The van der Waals surface area contributed by atoms with Crippen LogP contribution in [-0.2, 0) is 0 Å². The minimum atomic E-state index is -2.99. The number of piperidine rings is 1. The largest absolute Gasteiger partial charge is 0.397 e. The molecule has 1 aromatic heterocycles. The lowest BCUT2D eigenvalue weighted by Crippen LogP contribution is -2.81. The zero-order valence-corrected chi connectivity index (χ0v) is 19.9. The van der Waals surface area contributed by atoms with E-state index in [9.17, 15) is 13.2 Å². The SMILES string of the molecule is [B]C1([B])N(c2cc(Nc3ncn(-c4cccc(F)c4)n3)cc(C(F)F)c2)C([B])([B])C([B])([B])C([B])([B])C1([B])[B]. The normalized spacial score (nSPS) is 20.7. The van der Waals surface area contributed by atoms with Gasteiger partial charge in [-0.15, -0.1) is 20.7 Å². The summed E-state index contributed by atoms with van der Waals surface area (Å²) in [5, 5.41) is -5.47. The van der Waals surface area contributed by atoms with Crippen molar-refractivity contribution in [3.63, 3.8) is 0 Å². The average molecular weight is 485 g/mol. The van der Waals surface area contributed by atoms with Crippen molar-refractivity contribution in [1.82, 2.24) is 14.8 Å². The zero-order valence-electron chi connectivity index (χ0n) is 19.9. The predicted octanol–water partition coefficient (Wildman–Crippen LogP) is 0.249. The third-order valence-electron chi connectivity index (χ3n) is 6.71. The van der Waals surface area contributed by atoms with Crippen LogP contribution in [0.1, 0.15) is 12.0 Å². The third kappa shape index (κ3) is 4.17. The number of nitrogens with zero attached hydrogens (tertiary/aromatic N) is 4. The number of halogens is 3. The monoisotopic (exact) mass is 487 g/mol. The first-order chi connectivity index (χ1) is 17.3. The van der Waals surface area contributed by atoms with Gasteiger partial charge in [0.15, 0.2) is 0 Å². The number of alkyl halides is 2. The van der Waals surface area contributed by atoms with Crippen LogP contribution in [0.3, 0.4) is 0 Å². The zero-order chi connectivity index (χ0) is 28.5. The minimum absolute atomic E-state index is 0.0120. The summed E-state index contributed by atoms with van der Waals surface area (Å²) < 4.78 is 42.7. The Kier molecular flexibility index (Phi) is 6.84. The molecule has 3 aromatic rings. The lowest BCUT2D eigenvalue weighted by atomic mass is 9.05. The van der Waals surface area contributed by atoms with Gasteiger partial charge in [-0.05, 0) is 47.1 Å². The van der Waals surface area contributed by atoms with Gasteiger partial charge in [-0.1, -0.05) is 6.07 Å². The van der Waals surface area contributed by atoms with Gasteiger partial charge in [0.05, 0.1) is 84.2 Å². The van der Waals surface area contributed by atoms with Gasteiger partial charge in [-0.2, -0.15) is 4.98 Å². The molecule has 38 heavy (non-hydrogen) atoms. The summed E-state index contributed by atoms with van der Waals surface area (Å²) in [7, 11) is 61.7. The molecule has 0 aliphatic carbocycles. The molecule has 1 aliphatic rings. The maximum atomic E-state index is 13.9. The van der Waals surface area contributed by atoms with Crippen molar-refractivity contribution in [1.29, 1.82) is 0 Å². The molecule has 5 nitrogen and oxygen atoms in total. The van der Waals surface area contributed by atoms with Crippen molar-refractivity contribution in [3.8, 4) is 5.69 Å². The van der Waals surface area contributed by atoms with E-state index in [2.05, 4.69) is 15.4 Å². The van der Waals surface area contributed by atoms with Gasteiger partial charge in [0.1, 0.15) is 12.1 Å². The van der Waals surface area contributed by atoms with Crippen molar-refractivity contribution in [2.45, 2.75) is 32.7 Å². The van der Waals surface area contributed by atoms with Gasteiger partial charge >= 0.3 is 0 Å². The fourth-order valence-electron chi connectivity index (χ4n) is 4.26. The molecule has 0 amide bonds. The van der Waals surface area contributed by atoms with E-state index in [0.717, 1.165) is 17.0 Å². The Morgan fingerprint density at radius 2 is 1.37 bits per heavy atom. The molecule has 18 heteroatoms. The molecule has 2 aromatic carbocycles. The van der Waals surface area contributed by atoms with Gasteiger partial charge in [-0.3, -0.25) is 0 Å². The van der Waals surface area contributed by atoms with Crippen LogP contribution >= 0.6 is 0 Å². The van der Waals surface area contributed by atoms with Crippen LogP contribution in [0.25, 0.3) is 5.69 Å². The Bertz CT molecular complexity index is 1330. The Hall–Kier alpha value is -2.38. The first kappa shape index (κ1) is 28.6. The highest BCUT2D eigenvalue weighted by Crippen LogP contribution is 2.69. The Morgan fingerprint density at radius 3 is 1.92 bits per heavy atom. The van der Waals surface area contributed by atoms with E-state index in [1.54, 1.807) is 6.07 Å². The van der Waals surface area contributed by atoms with E-state index in [-0.39, 0.29) is 17.3 Å². The van der Waals surface area contributed by atoms with Crippen LogP contribution in [0.5, 0.6) is 0 Å². The van der Waals surface area contributed by atoms with E-state index in [0.29, 0.717) is 5.69 Å². The van der Waals surface area contributed by atoms with Crippen LogP contribution in [0.15, 0.2) is 48.8 Å². The Labute approximate surface area is 232 Å². The predicted molar refractivity (Wildman–Crippen MR) is 150 cm³/mol. The van der Waals surface area contributed by atoms with Crippen LogP contribution in [0.2, 0.25) is 15.6 Å². The number of hydrogen-bond acceptors (Lipinski definition) is 4. The van der Waals surface area contributed by atoms with Crippen LogP contribution in [-0.4, -0.2) is 104 Å². The van der Waals surface area contributed by atoms with Crippen LogP contribution in [0, 0.1) is 5.82 Å². The topological polar surface area (TPSA) is 46.0 Å². The molecule has 0 bridgehead atoms. The number of benzene rings is 2. The standard InChI is InChI=1S/C20H10B10F3N5/c21-16(22)17(23,24)19(27,28)38(20(29,30)18(16,25)26)13-5-9(14(32)33)4-11(7-13)35-15-34-8-37(36-15)12-3-1-2-10(31)6-12/h1-8,14H,(H,35,36). The molecule has 0 saturated carbocycles. The van der Waals surface area contributed by atoms with E-state index < -0.39 is 44.1 Å². The highest BCUT2D eigenvalue weighted by Gasteiger charge is 2.63. The number of aromatic nitrogens is 3. The minimum Gasteiger partial charge on any atom is -0.397 e. The fraction of sp³-hybridized carbons (Fsp3) is 0.300. The Balaban J connectivity index is 1.81. The number of nitrogens with one attached hydrogen (secondary N) is 1. The van der Waals surface area contributed by atoms with Gasteiger partial charge in [0, 0.05) is 16.9 Å². The molecular formula is C20H10B10F3N5. The summed E-state index contributed by atoms with van der Waals surface area (Å²) in [4.78, 5) is 4.83. The summed E-state index contributed by atoms with van der Waals surface area (Å²) in [5.74, 6) is -0.529. The second-order valence-electron chi connectivity index (χ2n) is 9.32. The van der Waals surface area contributed by atoms with Crippen molar-refractivity contribution in [2.75, 3.05) is 10.2 Å². The lowest BCUT2D eigenvalue weighted by molar-refractivity contribution is 0.151. The summed E-state index contributed by atoms with van der Waals surface area (Å²) in [6, 6.07) is 8.89. The molecule has 1 N–H and O–H groups in total. The van der Waals surface area contributed by atoms with Crippen LogP contribution < -0.4 is 10.2 Å². The third-order valence-corrected chi connectivity index (χ3v) is 6.71. The molecule has 20 radical (unpaired) electrons. The molecule has 0 atom stereocenters. The molecular weight excluding hydrogens is 475 g/mol. The highest BCUT2D eigenvalue weighted by atomic mass is 19.3. The number of rotatable bonds is 5. The van der Waals surface area contributed by atoms with Crippen molar-refractivity contribution < 1.29 is 13.2 Å². The summed E-state index contributed by atoms with van der Waals surface area (Å²) in [6.45, 7) is 0. The highest BCUT2D eigenvalue weighted by molar-refractivity contribution is 6.71. The molecule has 0 spiro atoms. The second kappa shape index (κ2) is 9.09. The average Bonchev–Trinajstić information content (AvgIpc) is 3.26. The lowest BCUT2D eigenvalue weighted by Gasteiger charge is -2.79. The van der Waals surface area contributed by atoms with E-state index >= 15 is 0 Å². The van der Waals surface area contributed by atoms with E-state index in [1.165, 1.54) is 35.3 Å². The fourth-order valence-corrected chi connectivity index (χ4v) is 4.26. The molecule has 0 unspecified atom stereocenters. The second-order valence-corrected chi connectivity index (χ2v) is 9.32. The quantitative estimate of drug-likeness (QED) is 0.527. The Morgan fingerprint density at radius 1 is 0.763 bits per heavy atom. The molecule has 4 rings (SSSR count).